The summed E-state index contributed by atoms with van der Waals surface area (Å²) in [5, 5.41) is 2.85. The maximum absolute atomic E-state index is 13.2. The van der Waals surface area contributed by atoms with E-state index in [-0.39, 0.29) is 30.0 Å². The molecule has 1 saturated heterocycles. The zero-order chi connectivity index (χ0) is 21.0. The zero-order valence-electron chi connectivity index (χ0n) is 17.1. The number of anilines is 1. The fourth-order valence-corrected chi connectivity index (χ4v) is 4.79. The third-order valence-electron chi connectivity index (χ3n) is 5.29. The summed E-state index contributed by atoms with van der Waals surface area (Å²) in [7, 11) is -3.82. The summed E-state index contributed by atoms with van der Waals surface area (Å²) in [4.78, 5) is 12.9. The number of rotatable bonds is 7. The smallest absolute Gasteiger partial charge is 0.243 e. The highest BCUT2D eigenvalue weighted by molar-refractivity contribution is 7.89. The van der Waals surface area contributed by atoms with Crippen LogP contribution in [0.5, 0.6) is 0 Å². The highest BCUT2D eigenvalue weighted by atomic mass is 32.2. The minimum atomic E-state index is -3.82. The van der Waals surface area contributed by atoms with Crippen molar-refractivity contribution in [2.45, 2.75) is 44.6 Å². The molecule has 3 rings (SSSR count). The van der Waals surface area contributed by atoms with Crippen molar-refractivity contribution in [3.63, 3.8) is 0 Å². The zero-order valence-corrected chi connectivity index (χ0v) is 18.0. The summed E-state index contributed by atoms with van der Waals surface area (Å²) >= 11 is 0. The van der Waals surface area contributed by atoms with E-state index in [1.165, 1.54) is 4.31 Å². The Hall–Kier alpha value is -2.22. The van der Waals surface area contributed by atoms with Gasteiger partial charge in [-0.3, -0.25) is 4.79 Å². The molecule has 7 heteroatoms. The van der Waals surface area contributed by atoms with E-state index in [0.29, 0.717) is 12.3 Å². The van der Waals surface area contributed by atoms with Crippen molar-refractivity contribution in [3.8, 4) is 0 Å². The topological polar surface area (TPSA) is 75.7 Å². The molecule has 1 atom stereocenters. The molecule has 1 N–H and O–H groups in total. The molecule has 1 fully saturated rings. The van der Waals surface area contributed by atoms with Gasteiger partial charge in [-0.2, -0.15) is 4.31 Å². The first-order chi connectivity index (χ1) is 13.8. The Morgan fingerprint density at radius 3 is 2.52 bits per heavy atom. The molecule has 0 unspecified atom stereocenters. The van der Waals surface area contributed by atoms with Gasteiger partial charge in [0.2, 0.25) is 15.9 Å². The van der Waals surface area contributed by atoms with E-state index in [4.69, 9.17) is 4.74 Å². The Balaban J connectivity index is 1.82. The molecule has 1 aliphatic heterocycles. The number of nitrogens with one attached hydrogen (secondary N) is 1. The van der Waals surface area contributed by atoms with Crippen LogP contribution in [0.1, 0.15) is 29.5 Å². The van der Waals surface area contributed by atoms with Gasteiger partial charge in [-0.15, -0.1) is 0 Å². The Morgan fingerprint density at radius 1 is 1.14 bits per heavy atom. The van der Waals surface area contributed by atoms with Gasteiger partial charge in [0, 0.05) is 18.8 Å². The summed E-state index contributed by atoms with van der Waals surface area (Å²) < 4.78 is 33.3. The van der Waals surface area contributed by atoms with Crippen molar-refractivity contribution >= 4 is 21.6 Å². The summed E-state index contributed by atoms with van der Waals surface area (Å²) in [6.07, 6.45) is 1.50. The molecule has 0 spiro atoms. The fourth-order valence-electron chi connectivity index (χ4n) is 3.36. The van der Waals surface area contributed by atoms with Crippen LogP contribution in [-0.4, -0.2) is 44.4 Å². The van der Waals surface area contributed by atoms with Crippen LogP contribution in [0.3, 0.4) is 0 Å². The molecule has 0 bridgehead atoms. The molecule has 156 valence electrons. The number of carbonyl (C=O) groups excluding carboxylic acids is 1. The van der Waals surface area contributed by atoms with Gasteiger partial charge in [-0.1, -0.05) is 29.8 Å². The van der Waals surface area contributed by atoms with E-state index in [1.54, 1.807) is 24.3 Å². The third kappa shape index (κ3) is 5.23. The van der Waals surface area contributed by atoms with Crippen molar-refractivity contribution in [2.24, 2.45) is 0 Å². The van der Waals surface area contributed by atoms with Crippen LogP contribution >= 0.6 is 0 Å². The molecule has 1 aliphatic rings. The van der Waals surface area contributed by atoms with Crippen LogP contribution in [0, 0.1) is 20.8 Å². The van der Waals surface area contributed by atoms with Gasteiger partial charge in [0.15, 0.2) is 0 Å². The van der Waals surface area contributed by atoms with Crippen molar-refractivity contribution in [2.75, 3.05) is 25.0 Å². The maximum atomic E-state index is 13.2. The van der Waals surface area contributed by atoms with Crippen LogP contribution in [-0.2, 0) is 19.6 Å². The Morgan fingerprint density at radius 2 is 1.86 bits per heavy atom. The van der Waals surface area contributed by atoms with E-state index in [0.717, 1.165) is 29.5 Å². The first kappa shape index (κ1) is 21.5. The quantitative estimate of drug-likeness (QED) is 0.750. The normalized spacial score (nSPS) is 16.9. The van der Waals surface area contributed by atoms with Crippen LogP contribution in [0.4, 0.5) is 5.69 Å². The molecular weight excluding hydrogens is 388 g/mol. The third-order valence-corrected chi connectivity index (χ3v) is 7.11. The van der Waals surface area contributed by atoms with E-state index in [1.807, 2.05) is 39.0 Å². The number of hydrogen-bond donors (Lipinski definition) is 1. The summed E-state index contributed by atoms with van der Waals surface area (Å²) in [6.45, 7) is 6.32. The lowest BCUT2D eigenvalue weighted by Crippen LogP contribution is -2.42. The molecule has 0 aliphatic carbocycles. The standard InChI is InChI=1S/C22H28N2O4S/c1-16-9-11-20(12-10-16)29(26,27)24(14-19-7-5-13-28-19)15-22(25)23-21-8-4-6-17(2)18(21)3/h4,6,8-12,19H,5,7,13-15H2,1-3H3,(H,23,25)/t19-/m1/s1. The van der Waals surface area contributed by atoms with Crippen LogP contribution in [0.2, 0.25) is 0 Å². The lowest BCUT2D eigenvalue weighted by molar-refractivity contribution is -0.116. The lowest BCUT2D eigenvalue weighted by Gasteiger charge is -2.24. The van der Waals surface area contributed by atoms with E-state index < -0.39 is 10.0 Å². The number of aryl methyl sites for hydroxylation is 2. The molecular formula is C22H28N2O4S. The highest BCUT2D eigenvalue weighted by Gasteiger charge is 2.30. The number of nitrogens with zero attached hydrogens (tertiary/aromatic N) is 1. The number of amides is 1. The predicted octanol–water partition coefficient (Wildman–Crippen LogP) is 3.42. The minimum absolute atomic E-state index is 0.163. The number of carbonyl (C=O) groups is 1. The number of hydrogen-bond acceptors (Lipinski definition) is 4. The second kappa shape index (κ2) is 9.07. The van der Waals surface area contributed by atoms with Gasteiger partial charge >= 0.3 is 0 Å². The Bertz CT molecular complexity index is 965. The van der Waals surface area contributed by atoms with E-state index >= 15 is 0 Å². The average Bonchev–Trinajstić information content (AvgIpc) is 3.18. The molecule has 2 aromatic rings. The molecule has 0 saturated carbocycles. The highest BCUT2D eigenvalue weighted by Crippen LogP contribution is 2.22. The minimum Gasteiger partial charge on any atom is -0.377 e. The van der Waals surface area contributed by atoms with Crippen molar-refractivity contribution in [1.29, 1.82) is 0 Å². The summed E-state index contributed by atoms with van der Waals surface area (Å²) in [5.74, 6) is -0.368. The Kier molecular flexibility index (Phi) is 6.72. The van der Waals surface area contributed by atoms with E-state index in [2.05, 4.69) is 5.32 Å². The first-order valence-electron chi connectivity index (χ1n) is 9.82. The molecule has 2 aromatic carbocycles. The predicted molar refractivity (Wildman–Crippen MR) is 113 cm³/mol. The molecule has 1 heterocycles. The van der Waals surface area contributed by atoms with Crippen molar-refractivity contribution in [1.82, 2.24) is 4.31 Å². The summed E-state index contributed by atoms with van der Waals surface area (Å²) in [5.41, 5.74) is 3.70. The van der Waals surface area contributed by atoms with Crippen LogP contribution < -0.4 is 5.32 Å². The fraction of sp³-hybridized carbons (Fsp3) is 0.409. The number of ether oxygens (including phenoxy) is 1. The first-order valence-corrected chi connectivity index (χ1v) is 11.3. The van der Waals surface area contributed by atoms with Gasteiger partial charge in [0.05, 0.1) is 17.5 Å². The SMILES string of the molecule is Cc1ccc(S(=O)(=O)N(CC(=O)Nc2cccc(C)c2C)C[C@H]2CCCO2)cc1. The number of sulfonamides is 1. The summed E-state index contributed by atoms with van der Waals surface area (Å²) in [6, 6.07) is 12.3. The van der Waals surface area contributed by atoms with Gasteiger partial charge < -0.3 is 10.1 Å². The number of benzene rings is 2. The molecule has 0 radical (unpaired) electrons. The Labute approximate surface area is 172 Å². The van der Waals surface area contributed by atoms with E-state index in [9.17, 15) is 13.2 Å². The lowest BCUT2D eigenvalue weighted by atomic mass is 10.1. The molecule has 29 heavy (non-hydrogen) atoms. The molecule has 1 amide bonds. The van der Waals surface area contributed by atoms with Gasteiger partial charge in [0.25, 0.3) is 0 Å². The van der Waals surface area contributed by atoms with Crippen molar-refractivity contribution in [3.05, 3.63) is 59.2 Å². The maximum Gasteiger partial charge on any atom is 0.243 e. The average molecular weight is 417 g/mol. The van der Waals surface area contributed by atoms with Gasteiger partial charge in [0.1, 0.15) is 0 Å². The van der Waals surface area contributed by atoms with Crippen molar-refractivity contribution < 1.29 is 17.9 Å². The monoisotopic (exact) mass is 416 g/mol. The second-order valence-corrected chi connectivity index (χ2v) is 9.48. The molecule has 0 aromatic heterocycles. The second-order valence-electron chi connectivity index (χ2n) is 7.54. The largest absolute Gasteiger partial charge is 0.377 e. The van der Waals surface area contributed by atoms with Crippen LogP contribution in [0.15, 0.2) is 47.4 Å². The molecule has 6 nitrogen and oxygen atoms in total. The van der Waals surface area contributed by atoms with Gasteiger partial charge in [-0.25, -0.2) is 8.42 Å². The van der Waals surface area contributed by atoms with Gasteiger partial charge in [-0.05, 0) is 62.9 Å². The van der Waals surface area contributed by atoms with Crippen LogP contribution in [0.25, 0.3) is 0 Å².